The molecule has 0 bridgehead atoms. The molecule has 1 saturated heterocycles. The Hall–Kier alpha value is -2.00. The Kier molecular flexibility index (Phi) is 3.64. The van der Waals surface area contributed by atoms with Crippen LogP contribution in [0, 0.1) is 5.92 Å². The van der Waals surface area contributed by atoms with Gasteiger partial charge in [-0.3, -0.25) is 4.79 Å². The quantitative estimate of drug-likeness (QED) is 0.921. The van der Waals surface area contributed by atoms with Gasteiger partial charge < -0.3 is 9.52 Å². The van der Waals surface area contributed by atoms with Gasteiger partial charge in [0, 0.05) is 24.9 Å². The number of halogens is 2. The number of para-hydroxylation sites is 1. The number of hydrogen-bond donors (Lipinski definition) is 1. The number of hydrogen-bond acceptors (Lipinski definition) is 4. The van der Waals surface area contributed by atoms with Crippen LogP contribution in [0.2, 0.25) is 0 Å². The van der Waals surface area contributed by atoms with Gasteiger partial charge in [-0.25, -0.2) is 17.2 Å². The standard InChI is InChI=1S/C14H13F2NO5S/c15-14(16)5-6-17(7-10(14)13(18)19)23(20,21)12-8-22-11-4-2-1-3-9(11)12/h1-4,8,10H,5-7H2,(H,18,19)/t10-/m1/s1. The van der Waals surface area contributed by atoms with Crippen molar-refractivity contribution in [2.24, 2.45) is 5.92 Å². The minimum Gasteiger partial charge on any atom is -0.481 e. The van der Waals surface area contributed by atoms with Gasteiger partial charge in [0.1, 0.15) is 22.7 Å². The molecule has 9 heteroatoms. The summed E-state index contributed by atoms with van der Waals surface area (Å²) in [5.74, 6) is -7.22. The first-order chi connectivity index (χ1) is 10.7. The average Bonchev–Trinajstić information content (AvgIpc) is 2.90. The molecule has 1 aliphatic rings. The fourth-order valence-corrected chi connectivity index (χ4v) is 4.22. The van der Waals surface area contributed by atoms with E-state index in [0.29, 0.717) is 11.0 Å². The van der Waals surface area contributed by atoms with Gasteiger partial charge in [0.2, 0.25) is 10.0 Å². The average molecular weight is 345 g/mol. The number of benzene rings is 1. The van der Waals surface area contributed by atoms with Crippen LogP contribution in [0.25, 0.3) is 11.0 Å². The Labute approximate surface area is 130 Å². The second-order valence-electron chi connectivity index (χ2n) is 5.36. The van der Waals surface area contributed by atoms with Gasteiger partial charge >= 0.3 is 5.97 Å². The zero-order valence-electron chi connectivity index (χ0n) is 11.8. The Balaban J connectivity index is 1.99. The molecule has 3 rings (SSSR count). The van der Waals surface area contributed by atoms with Crippen molar-refractivity contribution in [1.82, 2.24) is 4.31 Å². The molecule has 0 spiro atoms. The van der Waals surface area contributed by atoms with Crippen LogP contribution in [0.5, 0.6) is 0 Å². The second kappa shape index (κ2) is 5.27. The van der Waals surface area contributed by atoms with Crippen molar-refractivity contribution in [2.75, 3.05) is 13.1 Å². The number of carboxylic acid groups (broad SMARTS) is 1. The van der Waals surface area contributed by atoms with E-state index in [1.54, 1.807) is 24.3 Å². The fraction of sp³-hybridized carbons (Fsp3) is 0.357. The monoisotopic (exact) mass is 345 g/mol. The minimum atomic E-state index is -4.12. The first kappa shape index (κ1) is 15.9. The number of carboxylic acids is 1. The first-order valence-corrected chi connectivity index (χ1v) is 8.24. The summed E-state index contributed by atoms with van der Waals surface area (Å²) in [6.07, 6.45) is 0.210. The molecule has 2 heterocycles. The highest BCUT2D eigenvalue weighted by Gasteiger charge is 2.51. The number of nitrogens with zero attached hydrogens (tertiary/aromatic N) is 1. The third kappa shape index (κ3) is 2.59. The lowest BCUT2D eigenvalue weighted by Crippen LogP contribution is -2.52. The van der Waals surface area contributed by atoms with Crippen molar-refractivity contribution in [1.29, 1.82) is 0 Å². The van der Waals surface area contributed by atoms with E-state index >= 15 is 0 Å². The zero-order valence-corrected chi connectivity index (χ0v) is 12.6. The Morgan fingerprint density at radius 2 is 2.04 bits per heavy atom. The topological polar surface area (TPSA) is 87.8 Å². The molecule has 1 atom stereocenters. The van der Waals surface area contributed by atoms with E-state index in [1.807, 2.05) is 0 Å². The molecule has 1 aromatic heterocycles. The number of aliphatic carboxylic acids is 1. The number of rotatable bonds is 3. The van der Waals surface area contributed by atoms with E-state index in [-0.39, 0.29) is 4.90 Å². The molecule has 1 fully saturated rings. The van der Waals surface area contributed by atoms with Crippen molar-refractivity contribution in [3.8, 4) is 0 Å². The Morgan fingerprint density at radius 1 is 1.35 bits per heavy atom. The maximum Gasteiger partial charge on any atom is 0.313 e. The largest absolute Gasteiger partial charge is 0.481 e. The summed E-state index contributed by atoms with van der Waals surface area (Å²) in [6, 6.07) is 6.42. The summed E-state index contributed by atoms with van der Waals surface area (Å²) < 4.78 is 58.6. The predicted octanol–water partition coefficient (Wildman–Crippen LogP) is 2.16. The lowest BCUT2D eigenvalue weighted by atomic mass is 9.95. The molecule has 23 heavy (non-hydrogen) atoms. The molecule has 2 aromatic rings. The summed E-state index contributed by atoms with van der Waals surface area (Å²) in [4.78, 5) is 10.9. The maximum absolute atomic E-state index is 13.7. The number of furan rings is 1. The summed E-state index contributed by atoms with van der Waals surface area (Å²) in [5, 5.41) is 9.27. The van der Waals surface area contributed by atoms with Gasteiger partial charge in [-0.05, 0) is 12.1 Å². The molecule has 1 N–H and O–H groups in total. The molecule has 0 aliphatic carbocycles. The van der Waals surface area contributed by atoms with Crippen molar-refractivity contribution >= 4 is 27.0 Å². The van der Waals surface area contributed by atoms with Crippen molar-refractivity contribution in [3.05, 3.63) is 30.5 Å². The molecular weight excluding hydrogens is 332 g/mol. The lowest BCUT2D eigenvalue weighted by molar-refractivity contribution is -0.163. The third-order valence-corrected chi connectivity index (χ3v) is 5.84. The number of fused-ring (bicyclic) bond motifs is 1. The summed E-state index contributed by atoms with van der Waals surface area (Å²) in [7, 11) is -4.12. The highest BCUT2D eigenvalue weighted by atomic mass is 32.2. The zero-order chi connectivity index (χ0) is 16.8. The fourth-order valence-electron chi connectivity index (χ4n) is 2.65. The van der Waals surface area contributed by atoms with Crippen LogP contribution >= 0.6 is 0 Å². The highest BCUT2D eigenvalue weighted by Crippen LogP contribution is 2.37. The van der Waals surface area contributed by atoms with E-state index in [1.165, 1.54) is 0 Å². The van der Waals surface area contributed by atoms with E-state index in [4.69, 9.17) is 9.52 Å². The van der Waals surface area contributed by atoms with E-state index in [0.717, 1.165) is 10.6 Å². The van der Waals surface area contributed by atoms with Gasteiger partial charge in [-0.15, -0.1) is 0 Å². The molecule has 0 saturated carbocycles. The SMILES string of the molecule is O=C(O)[C@H]1CN(S(=O)(=O)c2coc3ccccc23)CCC1(F)F. The van der Waals surface area contributed by atoms with Gasteiger partial charge in [0.15, 0.2) is 0 Å². The molecule has 0 unspecified atom stereocenters. The van der Waals surface area contributed by atoms with Gasteiger partial charge in [-0.1, -0.05) is 12.1 Å². The number of sulfonamides is 1. The summed E-state index contributed by atoms with van der Waals surface area (Å²) in [6.45, 7) is -1.22. The maximum atomic E-state index is 13.7. The van der Waals surface area contributed by atoms with Crippen LogP contribution in [0.3, 0.4) is 0 Å². The number of alkyl halides is 2. The van der Waals surface area contributed by atoms with Crippen molar-refractivity contribution in [2.45, 2.75) is 17.2 Å². The number of piperidine rings is 1. The van der Waals surface area contributed by atoms with E-state index in [9.17, 15) is 22.0 Å². The van der Waals surface area contributed by atoms with Crippen LogP contribution in [-0.4, -0.2) is 42.8 Å². The van der Waals surface area contributed by atoms with E-state index in [2.05, 4.69) is 0 Å². The highest BCUT2D eigenvalue weighted by molar-refractivity contribution is 7.89. The van der Waals surface area contributed by atoms with Crippen LogP contribution < -0.4 is 0 Å². The van der Waals surface area contributed by atoms with Gasteiger partial charge in [0.05, 0.1) is 0 Å². The predicted molar refractivity (Wildman–Crippen MR) is 75.7 cm³/mol. The normalized spacial score (nSPS) is 22.3. The van der Waals surface area contributed by atoms with Crippen LogP contribution in [0.4, 0.5) is 8.78 Å². The minimum absolute atomic E-state index is 0.151. The molecule has 6 nitrogen and oxygen atoms in total. The molecule has 0 amide bonds. The van der Waals surface area contributed by atoms with Crippen LogP contribution in [0.1, 0.15) is 6.42 Å². The van der Waals surface area contributed by atoms with Crippen LogP contribution in [0.15, 0.2) is 39.8 Å². The molecule has 0 radical (unpaired) electrons. The van der Waals surface area contributed by atoms with Gasteiger partial charge in [0.25, 0.3) is 5.92 Å². The van der Waals surface area contributed by atoms with Crippen LogP contribution in [-0.2, 0) is 14.8 Å². The van der Waals surface area contributed by atoms with Crippen molar-refractivity contribution in [3.63, 3.8) is 0 Å². The summed E-state index contributed by atoms with van der Waals surface area (Å²) in [5.41, 5.74) is 0.350. The molecule has 1 aromatic carbocycles. The van der Waals surface area contributed by atoms with Gasteiger partial charge in [-0.2, -0.15) is 4.31 Å². The van der Waals surface area contributed by atoms with E-state index < -0.39 is 47.3 Å². The lowest BCUT2D eigenvalue weighted by Gasteiger charge is -2.35. The molecule has 1 aliphatic heterocycles. The Bertz CT molecular complexity index is 861. The third-order valence-electron chi connectivity index (χ3n) is 3.95. The first-order valence-electron chi connectivity index (χ1n) is 6.80. The number of carbonyl (C=O) groups is 1. The molecular formula is C14H13F2NO5S. The second-order valence-corrected chi connectivity index (χ2v) is 7.27. The molecule has 124 valence electrons. The van der Waals surface area contributed by atoms with Crippen molar-refractivity contribution < 1.29 is 31.5 Å². The summed E-state index contributed by atoms with van der Waals surface area (Å²) >= 11 is 0. The smallest absolute Gasteiger partial charge is 0.313 e. The Morgan fingerprint density at radius 3 is 2.74 bits per heavy atom.